The highest BCUT2D eigenvalue weighted by atomic mass is 32.1. The van der Waals surface area contributed by atoms with Crippen LogP contribution in [0, 0.1) is 6.92 Å². The van der Waals surface area contributed by atoms with Crippen LogP contribution < -0.4 is 10.1 Å². The summed E-state index contributed by atoms with van der Waals surface area (Å²) < 4.78 is 5.20. The Balaban J connectivity index is 2.10. The van der Waals surface area contributed by atoms with Crippen molar-refractivity contribution in [1.82, 2.24) is 10.3 Å². The fraction of sp³-hybridized carbons (Fsp3) is 0.438. The molecule has 0 fully saturated rings. The summed E-state index contributed by atoms with van der Waals surface area (Å²) in [6.45, 7) is 5.27. The zero-order valence-electron chi connectivity index (χ0n) is 12.3. The van der Waals surface area contributed by atoms with Gasteiger partial charge in [-0.05, 0) is 44.0 Å². The number of hydrogen-bond donors (Lipinski definition) is 1. The number of methoxy groups -OCH3 is 1. The summed E-state index contributed by atoms with van der Waals surface area (Å²) in [4.78, 5) is 5.68. The van der Waals surface area contributed by atoms with E-state index in [1.807, 2.05) is 18.3 Å². The van der Waals surface area contributed by atoms with Crippen LogP contribution in [0.2, 0.25) is 0 Å². The van der Waals surface area contributed by atoms with E-state index >= 15 is 0 Å². The topological polar surface area (TPSA) is 34.1 Å². The standard InChI is InChI=1S/C16H22N2OS/c1-4-9-17-15(16-11-18-12(2)20-16)10-13-5-7-14(19-3)8-6-13/h5-8,11,15,17H,4,9-10H2,1-3H3. The van der Waals surface area contributed by atoms with E-state index in [1.165, 1.54) is 10.4 Å². The van der Waals surface area contributed by atoms with Crippen molar-refractivity contribution in [2.75, 3.05) is 13.7 Å². The third-order valence-corrected chi connectivity index (χ3v) is 4.25. The van der Waals surface area contributed by atoms with Gasteiger partial charge in [0.1, 0.15) is 5.75 Å². The van der Waals surface area contributed by atoms with E-state index in [0.717, 1.165) is 30.1 Å². The number of nitrogens with one attached hydrogen (secondary N) is 1. The Hall–Kier alpha value is -1.39. The molecule has 1 atom stereocenters. The van der Waals surface area contributed by atoms with Crippen molar-refractivity contribution in [1.29, 1.82) is 0 Å². The van der Waals surface area contributed by atoms with Gasteiger partial charge >= 0.3 is 0 Å². The van der Waals surface area contributed by atoms with E-state index in [9.17, 15) is 0 Å². The molecule has 0 aliphatic carbocycles. The predicted octanol–water partition coefficient (Wildman–Crippen LogP) is 3.74. The van der Waals surface area contributed by atoms with Gasteiger partial charge in [-0.15, -0.1) is 11.3 Å². The highest BCUT2D eigenvalue weighted by Crippen LogP contribution is 2.24. The zero-order chi connectivity index (χ0) is 14.4. The van der Waals surface area contributed by atoms with Crippen molar-refractivity contribution < 1.29 is 4.74 Å². The molecule has 1 aromatic carbocycles. The number of hydrogen-bond acceptors (Lipinski definition) is 4. The first-order valence-electron chi connectivity index (χ1n) is 7.01. The van der Waals surface area contributed by atoms with Crippen LogP contribution in [0.5, 0.6) is 5.75 Å². The largest absolute Gasteiger partial charge is 0.497 e. The zero-order valence-corrected chi connectivity index (χ0v) is 13.2. The van der Waals surface area contributed by atoms with E-state index < -0.39 is 0 Å². The molecule has 0 aliphatic heterocycles. The second-order valence-corrected chi connectivity index (χ2v) is 6.11. The minimum atomic E-state index is 0.342. The van der Waals surface area contributed by atoms with Crippen LogP contribution in [-0.2, 0) is 6.42 Å². The van der Waals surface area contributed by atoms with Gasteiger partial charge in [0.25, 0.3) is 0 Å². The molecule has 2 rings (SSSR count). The first-order chi connectivity index (χ1) is 9.72. The molecule has 0 radical (unpaired) electrons. The van der Waals surface area contributed by atoms with Crippen molar-refractivity contribution in [3.05, 3.63) is 45.9 Å². The molecular weight excluding hydrogens is 268 g/mol. The van der Waals surface area contributed by atoms with Gasteiger partial charge in [-0.3, -0.25) is 0 Å². The van der Waals surface area contributed by atoms with E-state index in [2.05, 4.69) is 36.3 Å². The van der Waals surface area contributed by atoms with Crippen molar-refractivity contribution in [3.63, 3.8) is 0 Å². The SMILES string of the molecule is CCCNC(Cc1ccc(OC)cc1)c1cnc(C)s1. The molecule has 108 valence electrons. The Morgan fingerprint density at radius 1 is 1.30 bits per heavy atom. The maximum Gasteiger partial charge on any atom is 0.118 e. The molecule has 2 aromatic rings. The molecule has 0 spiro atoms. The molecule has 1 unspecified atom stereocenters. The molecule has 0 bridgehead atoms. The van der Waals surface area contributed by atoms with Gasteiger partial charge in [-0.2, -0.15) is 0 Å². The molecule has 4 heteroatoms. The molecule has 1 aromatic heterocycles. The molecule has 0 saturated heterocycles. The monoisotopic (exact) mass is 290 g/mol. The first kappa shape index (κ1) is 15.0. The van der Waals surface area contributed by atoms with E-state index in [0.29, 0.717) is 6.04 Å². The number of nitrogens with zero attached hydrogens (tertiary/aromatic N) is 1. The number of rotatable bonds is 7. The number of thiazole rings is 1. The normalized spacial score (nSPS) is 12.3. The lowest BCUT2D eigenvalue weighted by Gasteiger charge is -2.17. The average Bonchev–Trinajstić information content (AvgIpc) is 2.90. The highest BCUT2D eigenvalue weighted by Gasteiger charge is 2.14. The number of aryl methyl sites for hydroxylation is 1. The number of aromatic nitrogens is 1. The third-order valence-electron chi connectivity index (χ3n) is 3.22. The highest BCUT2D eigenvalue weighted by molar-refractivity contribution is 7.11. The van der Waals surface area contributed by atoms with Crippen LogP contribution in [0.1, 0.15) is 34.8 Å². The van der Waals surface area contributed by atoms with Crippen LogP contribution in [0.3, 0.4) is 0 Å². The Labute approximate surface area is 125 Å². The van der Waals surface area contributed by atoms with Crippen LogP contribution in [0.15, 0.2) is 30.5 Å². The minimum Gasteiger partial charge on any atom is -0.497 e. The van der Waals surface area contributed by atoms with Gasteiger partial charge in [-0.1, -0.05) is 19.1 Å². The van der Waals surface area contributed by atoms with E-state index in [4.69, 9.17) is 4.74 Å². The van der Waals surface area contributed by atoms with Gasteiger partial charge in [0.2, 0.25) is 0 Å². The summed E-state index contributed by atoms with van der Waals surface area (Å²) in [5, 5.41) is 4.74. The van der Waals surface area contributed by atoms with Gasteiger partial charge in [0, 0.05) is 17.1 Å². The number of benzene rings is 1. The average molecular weight is 290 g/mol. The second kappa shape index (κ2) is 7.41. The van der Waals surface area contributed by atoms with Crippen molar-refractivity contribution in [2.45, 2.75) is 32.7 Å². The summed E-state index contributed by atoms with van der Waals surface area (Å²) in [6.07, 6.45) is 4.11. The Bertz CT molecular complexity index is 522. The van der Waals surface area contributed by atoms with Crippen molar-refractivity contribution in [3.8, 4) is 5.75 Å². The summed E-state index contributed by atoms with van der Waals surface area (Å²) in [5.41, 5.74) is 1.31. The third kappa shape index (κ3) is 4.05. The molecule has 0 saturated carbocycles. The smallest absolute Gasteiger partial charge is 0.118 e. The molecular formula is C16H22N2OS. The van der Waals surface area contributed by atoms with Crippen LogP contribution in [0.4, 0.5) is 0 Å². The molecule has 1 N–H and O–H groups in total. The van der Waals surface area contributed by atoms with Gasteiger partial charge < -0.3 is 10.1 Å². The van der Waals surface area contributed by atoms with Crippen molar-refractivity contribution in [2.24, 2.45) is 0 Å². The second-order valence-electron chi connectivity index (χ2n) is 4.84. The summed E-state index contributed by atoms with van der Waals surface area (Å²) in [6, 6.07) is 8.64. The molecule has 0 aliphatic rings. The lowest BCUT2D eigenvalue weighted by molar-refractivity contribution is 0.414. The summed E-state index contributed by atoms with van der Waals surface area (Å²) in [7, 11) is 1.70. The van der Waals surface area contributed by atoms with E-state index in [1.54, 1.807) is 18.4 Å². The van der Waals surface area contributed by atoms with E-state index in [-0.39, 0.29) is 0 Å². The molecule has 0 amide bonds. The predicted molar refractivity (Wildman–Crippen MR) is 84.6 cm³/mol. The van der Waals surface area contributed by atoms with Gasteiger partial charge in [-0.25, -0.2) is 4.98 Å². The fourth-order valence-corrected chi connectivity index (χ4v) is 2.99. The summed E-state index contributed by atoms with van der Waals surface area (Å²) >= 11 is 1.77. The lowest BCUT2D eigenvalue weighted by Crippen LogP contribution is -2.23. The Kier molecular flexibility index (Phi) is 5.56. The van der Waals surface area contributed by atoms with Crippen LogP contribution >= 0.6 is 11.3 Å². The first-order valence-corrected chi connectivity index (χ1v) is 7.83. The van der Waals surface area contributed by atoms with Crippen LogP contribution in [-0.4, -0.2) is 18.6 Å². The minimum absolute atomic E-state index is 0.342. The Morgan fingerprint density at radius 3 is 2.60 bits per heavy atom. The molecule has 1 heterocycles. The lowest BCUT2D eigenvalue weighted by atomic mass is 10.0. The summed E-state index contributed by atoms with van der Waals surface area (Å²) in [5.74, 6) is 0.903. The fourth-order valence-electron chi connectivity index (χ4n) is 2.13. The molecule has 20 heavy (non-hydrogen) atoms. The number of ether oxygens (including phenoxy) is 1. The molecule has 3 nitrogen and oxygen atoms in total. The van der Waals surface area contributed by atoms with Gasteiger partial charge in [0.15, 0.2) is 0 Å². The van der Waals surface area contributed by atoms with Gasteiger partial charge in [0.05, 0.1) is 12.1 Å². The maximum atomic E-state index is 5.20. The van der Waals surface area contributed by atoms with Crippen molar-refractivity contribution >= 4 is 11.3 Å². The quantitative estimate of drug-likeness (QED) is 0.843. The Morgan fingerprint density at radius 2 is 2.05 bits per heavy atom. The maximum absolute atomic E-state index is 5.20. The van der Waals surface area contributed by atoms with Crippen LogP contribution in [0.25, 0.3) is 0 Å².